The summed E-state index contributed by atoms with van der Waals surface area (Å²) in [7, 11) is 0. The van der Waals surface area contributed by atoms with Gasteiger partial charge in [-0.05, 0) is 19.1 Å². The molecule has 90 valence electrons. The van der Waals surface area contributed by atoms with E-state index in [0.29, 0.717) is 10.7 Å². The van der Waals surface area contributed by atoms with Gasteiger partial charge in [0, 0.05) is 18.6 Å². The number of pyridine rings is 1. The number of rotatable bonds is 2. The Morgan fingerprint density at radius 1 is 1.39 bits per heavy atom. The van der Waals surface area contributed by atoms with Gasteiger partial charge in [-0.25, -0.2) is 4.98 Å². The van der Waals surface area contributed by atoms with Gasteiger partial charge in [-0.1, -0.05) is 11.3 Å². The van der Waals surface area contributed by atoms with Crippen LogP contribution in [-0.2, 0) is 0 Å². The first-order chi connectivity index (χ1) is 8.72. The first-order valence-electron chi connectivity index (χ1n) is 5.26. The Hall–Kier alpha value is -2.28. The molecular formula is C11H9N5OS. The Kier molecular flexibility index (Phi) is 2.52. The minimum Gasteiger partial charge on any atom is -0.306 e. The highest BCUT2D eigenvalue weighted by Gasteiger charge is 2.09. The van der Waals surface area contributed by atoms with Crippen molar-refractivity contribution in [1.82, 2.24) is 19.6 Å². The number of nitrogens with one attached hydrogen (secondary N) is 1. The Labute approximate surface area is 106 Å². The maximum Gasteiger partial charge on any atom is 0.258 e. The number of fused-ring (bicyclic) bond motifs is 1. The third-order valence-electron chi connectivity index (χ3n) is 2.40. The van der Waals surface area contributed by atoms with E-state index in [4.69, 9.17) is 0 Å². The van der Waals surface area contributed by atoms with E-state index >= 15 is 0 Å². The normalized spacial score (nSPS) is 10.7. The van der Waals surface area contributed by atoms with E-state index in [1.165, 1.54) is 11.3 Å². The molecule has 0 saturated heterocycles. The zero-order valence-electron chi connectivity index (χ0n) is 9.49. The fourth-order valence-electron chi connectivity index (χ4n) is 1.57. The number of carbonyl (C=O) groups is 1. The van der Waals surface area contributed by atoms with E-state index in [2.05, 4.69) is 20.5 Å². The number of amides is 1. The van der Waals surface area contributed by atoms with Crippen molar-refractivity contribution in [2.45, 2.75) is 6.92 Å². The molecule has 0 radical (unpaired) electrons. The van der Waals surface area contributed by atoms with Gasteiger partial charge in [-0.3, -0.25) is 10.1 Å². The fraction of sp³-hybridized carbons (Fsp3) is 0.0909. The van der Waals surface area contributed by atoms with Crippen molar-refractivity contribution >= 4 is 28.0 Å². The van der Waals surface area contributed by atoms with Crippen molar-refractivity contribution in [3.8, 4) is 0 Å². The molecule has 0 saturated carbocycles. The fourth-order valence-corrected chi connectivity index (χ4v) is 2.16. The number of hydrogen-bond donors (Lipinski definition) is 1. The predicted molar refractivity (Wildman–Crippen MR) is 67.8 cm³/mol. The van der Waals surface area contributed by atoms with Gasteiger partial charge in [0.1, 0.15) is 10.7 Å². The lowest BCUT2D eigenvalue weighted by Gasteiger charge is -2.01. The zero-order valence-corrected chi connectivity index (χ0v) is 10.3. The van der Waals surface area contributed by atoms with Crippen molar-refractivity contribution < 1.29 is 4.79 Å². The molecule has 0 aliphatic heterocycles. The van der Waals surface area contributed by atoms with Crippen molar-refractivity contribution in [1.29, 1.82) is 0 Å². The highest BCUT2D eigenvalue weighted by atomic mass is 32.1. The summed E-state index contributed by atoms with van der Waals surface area (Å²) >= 11 is 1.34. The monoisotopic (exact) mass is 259 g/mol. The third-order valence-corrected chi connectivity index (χ3v) is 3.15. The van der Waals surface area contributed by atoms with Crippen LogP contribution >= 0.6 is 11.3 Å². The summed E-state index contributed by atoms with van der Waals surface area (Å²) < 4.78 is 1.79. The van der Waals surface area contributed by atoms with E-state index in [0.717, 1.165) is 10.7 Å². The molecule has 3 rings (SSSR count). The number of hydrogen-bond acceptors (Lipinski definition) is 5. The minimum atomic E-state index is -0.207. The summed E-state index contributed by atoms with van der Waals surface area (Å²) in [5.74, 6) is -0.207. The molecule has 3 aromatic heterocycles. The average molecular weight is 259 g/mol. The summed E-state index contributed by atoms with van der Waals surface area (Å²) in [6.45, 7) is 1.84. The quantitative estimate of drug-likeness (QED) is 0.761. The van der Waals surface area contributed by atoms with Gasteiger partial charge >= 0.3 is 0 Å². The standard InChI is InChI=1S/C11H9N5OS/c1-7-14-15-11(18-7)13-10(17)8-2-3-9-12-4-5-16(9)6-8/h2-6H,1H3,(H,13,15,17). The Bertz CT molecular complexity index is 717. The molecule has 0 unspecified atom stereocenters. The van der Waals surface area contributed by atoms with Crippen LogP contribution in [0.1, 0.15) is 15.4 Å². The van der Waals surface area contributed by atoms with Gasteiger partial charge < -0.3 is 4.40 Å². The molecule has 0 bridgehead atoms. The van der Waals surface area contributed by atoms with Crippen LogP contribution in [0, 0.1) is 6.92 Å². The van der Waals surface area contributed by atoms with Crippen LogP contribution in [0.5, 0.6) is 0 Å². The molecule has 0 aliphatic carbocycles. The van der Waals surface area contributed by atoms with Gasteiger partial charge in [-0.15, -0.1) is 10.2 Å². The largest absolute Gasteiger partial charge is 0.306 e. The molecule has 0 aliphatic rings. The first-order valence-corrected chi connectivity index (χ1v) is 6.08. The second kappa shape index (κ2) is 4.19. The summed E-state index contributed by atoms with van der Waals surface area (Å²) in [6, 6.07) is 3.52. The van der Waals surface area contributed by atoms with Gasteiger partial charge in [0.2, 0.25) is 5.13 Å². The molecule has 1 N–H and O–H groups in total. The molecule has 3 aromatic rings. The topological polar surface area (TPSA) is 72.2 Å². The number of aromatic nitrogens is 4. The smallest absolute Gasteiger partial charge is 0.258 e. The van der Waals surface area contributed by atoms with Crippen LogP contribution in [0.3, 0.4) is 0 Å². The van der Waals surface area contributed by atoms with Gasteiger partial charge in [0.05, 0.1) is 5.56 Å². The van der Waals surface area contributed by atoms with Crippen molar-refractivity contribution in [2.75, 3.05) is 5.32 Å². The summed E-state index contributed by atoms with van der Waals surface area (Å²) in [5.41, 5.74) is 1.35. The van der Waals surface area contributed by atoms with Crippen LogP contribution < -0.4 is 5.32 Å². The lowest BCUT2D eigenvalue weighted by molar-refractivity contribution is 0.102. The Morgan fingerprint density at radius 2 is 2.28 bits per heavy atom. The molecule has 7 heteroatoms. The summed E-state index contributed by atoms with van der Waals surface area (Å²) in [6.07, 6.45) is 5.21. The second-order valence-electron chi connectivity index (χ2n) is 3.69. The van der Waals surface area contributed by atoms with Crippen LogP contribution in [0.4, 0.5) is 5.13 Å². The minimum absolute atomic E-state index is 0.207. The number of aryl methyl sites for hydroxylation is 1. The van der Waals surface area contributed by atoms with E-state index in [1.807, 2.05) is 6.92 Å². The Morgan fingerprint density at radius 3 is 3.06 bits per heavy atom. The maximum atomic E-state index is 12.0. The average Bonchev–Trinajstić information content (AvgIpc) is 2.96. The lowest BCUT2D eigenvalue weighted by Crippen LogP contribution is -2.12. The number of nitrogens with zero attached hydrogens (tertiary/aromatic N) is 4. The van der Waals surface area contributed by atoms with E-state index in [-0.39, 0.29) is 5.91 Å². The molecule has 0 aromatic carbocycles. The number of anilines is 1. The SMILES string of the molecule is Cc1nnc(NC(=O)c2ccc3nccn3c2)s1. The predicted octanol–water partition coefficient (Wildman–Crippen LogP) is 1.75. The van der Waals surface area contributed by atoms with Crippen molar-refractivity contribution in [2.24, 2.45) is 0 Å². The highest BCUT2D eigenvalue weighted by Crippen LogP contribution is 2.15. The first kappa shape index (κ1) is 10.8. The van der Waals surface area contributed by atoms with Gasteiger partial charge in [0.25, 0.3) is 5.91 Å². The van der Waals surface area contributed by atoms with E-state index in [1.54, 1.807) is 35.1 Å². The molecule has 18 heavy (non-hydrogen) atoms. The molecule has 0 atom stereocenters. The molecular weight excluding hydrogens is 250 g/mol. The van der Waals surface area contributed by atoms with Crippen LogP contribution in [-0.4, -0.2) is 25.5 Å². The third kappa shape index (κ3) is 1.95. The maximum absolute atomic E-state index is 12.0. The number of imidazole rings is 1. The van der Waals surface area contributed by atoms with Crippen LogP contribution in [0.25, 0.3) is 5.65 Å². The van der Waals surface area contributed by atoms with E-state index < -0.39 is 0 Å². The lowest BCUT2D eigenvalue weighted by atomic mass is 10.2. The van der Waals surface area contributed by atoms with Gasteiger partial charge in [0.15, 0.2) is 0 Å². The molecule has 3 heterocycles. The highest BCUT2D eigenvalue weighted by molar-refractivity contribution is 7.15. The van der Waals surface area contributed by atoms with Gasteiger partial charge in [-0.2, -0.15) is 0 Å². The van der Waals surface area contributed by atoms with Crippen molar-refractivity contribution in [3.63, 3.8) is 0 Å². The Balaban J connectivity index is 1.87. The zero-order chi connectivity index (χ0) is 12.5. The molecule has 0 fully saturated rings. The van der Waals surface area contributed by atoms with Crippen molar-refractivity contribution in [3.05, 3.63) is 41.3 Å². The summed E-state index contributed by atoms with van der Waals surface area (Å²) in [5, 5.41) is 11.7. The van der Waals surface area contributed by atoms with Crippen LogP contribution in [0.2, 0.25) is 0 Å². The number of carbonyl (C=O) groups excluding carboxylic acids is 1. The molecule has 1 amide bonds. The van der Waals surface area contributed by atoms with Crippen LogP contribution in [0.15, 0.2) is 30.7 Å². The molecule has 6 nitrogen and oxygen atoms in total. The second-order valence-corrected chi connectivity index (χ2v) is 4.87. The molecule has 0 spiro atoms. The van der Waals surface area contributed by atoms with E-state index in [9.17, 15) is 4.79 Å². The summed E-state index contributed by atoms with van der Waals surface area (Å²) in [4.78, 5) is 16.1.